The fourth-order valence-corrected chi connectivity index (χ4v) is 2.67. The Labute approximate surface area is 182 Å². The van der Waals surface area contributed by atoms with Crippen LogP contribution in [0.4, 0.5) is 4.39 Å². The Hall–Kier alpha value is -1.94. The Bertz CT molecular complexity index is 902. The molecular weight excluding hydrogens is 526 g/mol. The smallest absolute Gasteiger partial charge is 0.226 e. The van der Waals surface area contributed by atoms with Crippen molar-refractivity contribution in [2.75, 3.05) is 7.05 Å². The van der Waals surface area contributed by atoms with Crippen molar-refractivity contribution >= 4 is 45.9 Å². The first-order valence-corrected chi connectivity index (χ1v) is 8.83. The van der Waals surface area contributed by atoms with Gasteiger partial charge in [0.1, 0.15) is 12.1 Å². The van der Waals surface area contributed by atoms with E-state index in [9.17, 15) is 4.39 Å². The molecule has 5 nitrogen and oxygen atoms in total. The van der Waals surface area contributed by atoms with Crippen LogP contribution in [-0.2, 0) is 13.1 Å². The van der Waals surface area contributed by atoms with Gasteiger partial charge >= 0.3 is 0 Å². The van der Waals surface area contributed by atoms with Crippen LogP contribution in [0, 0.1) is 5.82 Å². The third-order valence-corrected chi connectivity index (χ3v) is 4.19. The van der Waals surface area contributed by atoms with E-state index in [2.05, 4.69) is 36.5 Å². The van der Waals surface area contributed by atoms with Gasteiger partial charge in [-0.15, -0.1) is 24.0 Å². The van der Waals surface area contributed by atoms with E-state index in [4.69, 9.17) is 4.42 Å². The van der Waals surface area contributed by atoms with Gasteiger partial charge in [0.15, 0.2) is 5.96 Å². The summed E-state index contributed by atoms with van der Waals surface area (Å²) in [5.41, 5.74) is 2.23. The van der Waals surface area contributed by atoms with Crippen molar-refractivity contribution in [3.05, 3.63) is 76.3 Å². The molecule has 2 N–H and O–H groups in total. The molecule has 142 valence electrons. The van der Waals surface area contributed by atoms with Gasteiger partial charge in [-0.25, -0.2) is 9.37 Å². The van der Waals surface area contributed by atoms with Crippen LogP contribution in [0.15, 0.2) is 68.7 Å². The Balaban J connectivity index is 0.00000261. The maximum atomic E-state index is 13.9. The first kappa shape index (κ1) is 21.4. The van der Waals surface area contributed by atoms with Crippen molar-refractivity contribution in [1.29, 1.82) is 0 Å². The predicted octanol–water partition coefficient (Wildman–Crippen LogP) is 4.73. The minimum absolute atomic E-state index is 0. The molecule has 2 aromatic carbocycles. The molecule has 0 saturated carbocycles. The van der Waals surface area contributed by atoms with Crippen LogP contribution >= 0.6 is 39.9 Å². The SMILES string of the molecule is CN=C(NCc1coc(-c2ccccc2)n1)NCc1ccc(Br)cc1F.I. The molecule has 0 radical (unpaired) electrons. The van der Waals surface area contributed by atoms with Crippen molar-refractivity contribution in [1.82, 2.24) is 15.6 Å². The molecule has 8 heteroatoms. The predicted molar refractivity (Wildman–Crippen MR) is 118 cm³/mol. The first-order valence-electron chi connectivity index (χ1n) is 8.04. The lowest BCUT2D eigenvalue weighted by Crippen LogP contribution is -2.36. The number of hydrogen-bond donors (Lipinski definition) is 2. The summed E-state index contributed by atoms with van der Waals surface area (Å²) in [6.45, 7) is 0.770. The Kier molecular flexibility index (Phi) is 8.23. The van der Waals surface area contributed by atoms with Crippen LogP contribution in [0.5, 0.6) is 0 Å². The zero-order chi connectivity index (χ0) is 18.4. The highest BCUT2D eigenvalue weighted by Crippen LogP contribution is 2.18. The van der Waals surface area contributed by atoms with E-state index < -0.39 is 0 Å². The van der Waals surface area contributed by atoms with Gasteiger partial charge in [0.25, 0.3) is 0 Å². The number of halogens is 3. The molecule has 0 aliphatic carbocycles. The average Bonchev–Trinajstić information content (AvgIpc) is 3.13. The summed E-state index contributed by atoms with van der Waals surface area (Å²) in [4.78, 5) is 8.59. The highest BCUT2D eigenvalue weighted by molar-refractivity contribution is 14.0. The maximum absolute atomic E-state index is 13.9. The van der Waals surface area contributed by atoms with Crippen LogP contribution in [0.2, 0.25) is 0 Å². The second kappa shape index (κ2) is 10.4. The van der Waals surface area contributed by atoms with Crippen molar-refractivity contribution in [3.63, 3.8) is 0 Å². The summed E-state index contributed by atoms with van der Waals surface area (Å²) < 4.78 is 20.1. The molecule has 27 heavy (non-hydrogen) atoms. The van der Waals surface area contributed by atoms with Gasteiger partial charge in [-0.3, -0.25) is 4.99 Å². The van der Waals surface area contributed by atoms with Gasteiger partial charge in [-0.05, 0) is 24.3 Å². The van der Waals surface area contributed by atoms with E-state index >= 15 is 0 Å². The number of guanidine groups is 1. The van der Waals surface area contributed by atoms with E-state index in [1.807, 2.05) is 30.3 Å². The molecule has 0 amide bonds. The fourth-order valence-electron chi connectivity index (χ4n) is 2.34. The highest BCUT2D eigenvalue weighted by Gasteiger charge is 2.08. The van der Waals surface area contributed by atoms with Crippen LogP contribution in [0.1, 0.15) is 11.3 Å². The van der Waals surface area contributed by atoms with E-state index in [1.54, 1.807) is 25.4 Å². The third kappa shape index (κ3) is 6.03. The molecule has 0 atom stereocenters. The number of nitrogens with one attached hydrogen (secondary N) is 2. The molecule has 0 unspecified atom stereocenters. The van der Waals surface area contributed by atoms with Crippen LogP contribution < -0.4 is 10.6 Å². The molecule has 1 aromatic heterocycles. The topological polar surface area (TPSA) is 62.5 Å². The molecule has 0 spiro atoms. The van der Waals surface area contributed by atoms with Gasteiger partial charge in [0.2, 0.25) is 5.89 Å². The van der Waals surface area contributed by atoms with Crippen molar-refractivity contribution in [3.8, 4) is 11.5 Å². The minimum Gasteiger partial charge on any atom is -0.444 e. The van der Waals surface area contributed by atoms with Gasteiger partial charge in [0.05, 0.1) is 12.2 Å². The molecule has 0 aliphatic rings. The largest absolute Gasteiger partial charge is 0.444 e. The van der Waals surface area contributed by atoms with Crippen molar-refractivity contribution < 1.29 is 8.81 Å². The minimum atomic E-state index is -0.272. The Morgan fingerprint density at radius 1 is 1.15 bits per heavy atom. The molecule has 0 aliphatic heterocycles. The van der Waals surface area contributed by atoms with E-state index in [1.165, 1.54) is 6.07 Å². The van der Waals surface area contributed by atoms with E-state index in [-0.39, 0.29) is 29.8 Å². The molecule has 3 rings (SSSR count). The molecule has 0 saturated heterocycles. The van der Waals surface area contributed by atoms with Crippen LogP contribution in [0.25, 0.3) is 11.5 Å². The normalized spacial score (nSPS) is 11.0. The van der Waals surface area contributed by atoms with Crippen LogP contribution in [-0.4, -0.2) is 18.0 Å². The maximum Gasteiger partial charge on any atom is 0.226 e. The van der Waals surface area contributed by atoms with E-state index in [0.29, 0.717) is 35.0 Å². The monoisotopic (exact) mass is 544 g/mol. The van der Waals surface area contributed by atoms with Gasteiger partial charge < -0.3 is 15.1 Å². The first-order chi connectivity index (χ1) is 12.7. The lowest BCUT2D eigenvalue weighted by atomic mass is 10.2. The zero-order valence-corrected chi connectivity index (χ0v) is 18.5. The second-order valence-corrected chi connectivity index (χ2v) is 6.44. The number of hydrogen-bond acceptors (Lipinski definition) is 3. The Morgan fingerprint density at radius 3 is 2.59 bits per heavy atom. The number of rotatable bonds is 5. The summed E-state index contributed by atoms with van der Waals surface area (Å²) in [5, 5.41) is 6.22. The fraction of sp³-hybridized carbons (Fsp3) is 0.158. The molecule has 0 bridgehead atoms. The van der Waals surface area contributed by atoms with Gasteiger partial charge in [-0.1, -0.05) is 40.2 Å². The lowest BCUT2D eigenvalue weighted by molar-refractivity contribution is 0.572. The van der Waals surface area contributed by atoms with Crippen molar-refractivity contribution in [2.45, 2.75) is 13.1 Å². The summed E-state index contributed by atoms with van der Waals surface area (Å²) >= 11 is 3.25. The second-order valence-electron chi connectivity index (χ2n) is 5.53. The molecule has 1 heterocycles. The van der Waals surface area contributed by atoms with E-state index in [0.717, 1.165) is 11.3 Å². The summed E-state index contributed by atoms with van der Waals surface area (Å²) in [6, 6.07) is 14.7. The zero-order valence-electron chi connectivity index (χ0n) is 14.6. The number of benzene rings is 2. The molecular formula is C19H19BrFIN4O. The summed E-state index contributed by atoms with van der Waals surface area (Å²) in [5.74, 6) is 0.852. The lowest BCUT2D eigenvalue weighted by Gasteiger charge is -2.11. The highest BCUT2D eigenvalue weighted by atomic mass is 127. The number of nitrogens with zero attached hydrogens (tertiary/aromatic N) is 2. The Morgan fingerprint density at radius 2 is 1.89 bits per heavy atom. The summed E-state index contributed by atoms with van der Waals surface area (Å²) in [6.07, 6.45) is 1.61. The third-order valence-electron chi connectivity index (χ3n) is 3.69. The van der Waals surface area contributed by atoms with Gasteiger partial charge in [-0.2, -0.15) is 0 Å². The van der Waals surface area contributed by atoms with Gasteiger partial charge in [0, 0.05) is 29.2 Å². The molecule has 3 aromatic rings. The van der Waals surface area contributed by atoms with Crippen LogP contribution in [0.3, 0.4) is 0 Å². The quantitative estimate of drug-likeness (QED) is 0.277. The number of aromatic nitrogens is 1. The average molecular weight is 545 g/mol. The number of oxazole rings is 1. The van der Waals surface area contributed by atoms with Crippen molar-refractivity contribution in [2.24, 2.45) is 4.99 Å². The summed E-state index contributed by atoms with van der Waals surface area (Å²) in [7, 11) is 1.66. The standard InChI is InChI=1S/C19H18BrFN4O.HI/c1-22-19(23-10-14-7-8-15(20)9-17(14)21)24-11-16-12-26-18(25-16)13-5-3-2-4-6-13;/h2-9,12H,10-11H2,1H3,(H2,22,23,24);1H. The molecule has 0 fully saturated rings. The number of aliphatic imine (C=N–C) groups is 1.